The molecular formula is C12H17NO2S. The maximum Gasteiger partial charge on any atom is 0.303 e. The molecule has 1 aromatic rings. The molecule has 0 saturated heterocycles. The van der Waals surface area contributed by atoms with Gasteiger partial charge < -0.3 is 4.74 Å². The number of nitrogens with zero attached hydrogens (tertiary/aromatic N) is 1. The maximum atomic E-state index is 10.9. The maximum absolute atomic E-state index is 10.9. The van der Waals surface area contributed by atoms with Crippen LogP contribution in [0, 0.1) is 6.92 Å². The summed E-state index contributed by atoms with van der Waals surface area (Å²) in [6.45, 7) is 7.37. The highest BCUT2D eigenvalue weighted by Crippen LogP contribution is 2.16. The molecular weight excluding hydrogens is 222 g/mol. The Kier molecular flexibility index (Phi) is 4.68. The number of carbonyl (C=O) groups is 1. The molecule has 1 aromatic heterocycles. The van der Waals surface area contributed by atoms with Crippen LogP contribution in [-0.2, 0) is 9.53 Å². The Morgan fingerprint density at radius 2 is 2.31 bits per heavy atom. The van der Waals surface area contributed by atoms with Crippen LogP contribution in [0.2, 0.25) is 0 Å². The fourth-order valence-electron chi connectivity index (χ4n) is 1.47. The van der Waals surface area contributed by atoms with Gasteiger partial charge in [-0.15, -0.1) is 11.3 Å². The first kappa shape index (κ1) is 12.9. The minimum atomic E-state index is -0.242. The van der Waals surface area contributed by atoms with Crippen molar-refractivity contribution in [1.29, 1.82) is 0 Å². The lowest BCUT2D eigenvalue weighted by atomic mass is 10.1. The Morgan fingerprint density at radius 3 is 2.75 bits per heavy atom. The van der Waals surface area contributed by atoms with Gasteiger partial charge in [-0.05, 0) is 31.9 Å². The topological polar surface area (TPSA) is 39.2 Å². The largest absolute Gasteiger partial charge is 0.458 e. The van der Waals surface area contributed by atoms with Crippen molar-refractivity contribution in [2.45, 2.75) is 40.2 Å². The van der Waals surface area contributed by atoms with Crippen molar-refractivity contribution in [2.75, 3.05) is 0 Å². The molecule has 4 heteroatoms. The van der Waals surface area contributed by atoms with E-state index in [2.05, 4.69) is 4.98 Å². The van der Waals surface area contributed by atoms with Gasteiger partial charge in [-0.3, -0.25) is 4.79 Å². The fourth-order valence-corrected chi connectivity index (χ4v) is 2.04. The zero-order chi connectivity index (χ0) is 12.1. The molecule has 0 unspecified atom stereocenters. The Morgan fingerprint density at radius 1 is 1.62 bits per heavy atom. The highest BCUT2D eigenvalue weighted by molar-refractivity contribution is 7.09. The minimum absolute atomic E-state index is 0.139. The highest BCUT2D eigenvalue weighted by atomic mass is 32.1. The van der Waals surface area contributed by atoms with Gasteiger partial charge in [0.1, 0.15) is 6.10 Å². The first-order valence-electron chi connectivity index (χ1n) is 5.30. The van der Waals surface area contributed by atoms with E-state index < -0.39 is 0 Å². The predicted molar refractivity (Wildman–Crippen MR) is 66.3 cm³/mol. The summed E-state index contributed by atoms with van der Waals surface area (Å²) >= 11 is 1.62. The van der Waals surface area contributed by atoms with Crippen molar-refractivity contribution in [2.24, 2.45) is 0 Å². The van der Waals surface area contributed by atoms with Gasteiger partial charge in [-0.2, -0.15) is 0 Å². The molecule has 0 radical (unpaired) electrons. The molecule has 0 amide bonds. The molecule has 0 N–H and O–H groups in total. The smallest absolute Gasteiger partial charge is 0.303 e. The Labute approximate surface area is 100 Å². The molecule has 16 heavy (non-hydrogen) atoms. The lowest BCUT2D eigenvalue weighted by Crippen LogP contribution is -2.16. The van der Waals surface area contributed by atoms with Crippen molar-refractivity contribution in [3.05, 3.63) is 21.7 Å². The van der Waals surface area contributed by atoms with E-state index >= 15 is 0 Å². The molecule has 1 atom stereocenters. The number of aromatic nitrogens is 1. The van der Waals surface area contributed by atoms with Gasteiger partial charge in [0.2, 0.25) is 0 Å². The van der Waals surface area contributed by atoms with Crippen LogP contribution in [0.4, 0.5) is 0 Å². The zero-order valence-electron chi connectivity index (χ0n) is 10.1. The number of hydrogen-bond acceptors (Lipinski definition) is 4. The summed E-state index contributed by atoms with van der Waals surface area (Å²) in [5.41, 5.74) is 1.97. The molecule has 0 aliphatic carbocycles. The number of carbonyl (C=O) groups excluding carboxylic acids is 1. The van der Waals surface area contributed by atoms with Gasteiger partial charge in [0.15, 0.2) is 0 Å². The molecule has 0 spiro atoms. The number of thiazole rings is 1. The number of hydrogen-bond donors (Lipinski definition) is 0. The van der Waals surface area contributed by atoms with Gasteiger partial charge in [0.25, 0.3) is 0 Å². The molecule has 3 nitrogen and oxygen atoms in total. The van der Waals surface area contributed by atoms with E-state index in [0.717, 1.165) is 22.7 Å². The molecule has 0 saturated carbocycles. The van der Waals surface area contributed by atoms with Crippen LogP contribution in [0.1, 0.15) is 37.9 Å². The molecule has 88 valence electrons. The monoisotopic (exact) mass is 239 g/mol. The van der Waals surface area contributed by atoms with Crippen LogP contribution in [-0.4, -0.2) is 17.1 Å². The number of rotatable bonds is 4. The van der Waals surface area contributed by atoms with Crippen molar-refractivity contribution in [1.82, 2.24) is 4.98 Å². The average Bonchev–Trinajstić information content (AvgIpc) is 2.60. The molecule has 0 aromatic carbocycles. The van der Waals surface area contributed by atoms with E-state index in [-0.39, 0.29) is 12.1 Å². The molecule has 1 heterocycles. The summed E-state index contributed by atoms with van der Waals surface area (Å²) in [5.74, 6) is -0.242. The second-order valence-electron chi connectivity index (χ2n) is 3.69. The van der Waals surface area contributed by atoms with Gasteiger partial charge >= 0.3 is 5.97 Å². The van der Waals surface area contributed by atoms with Crippen LogP contribution in [0.25, 0.3) is 6.08 Å². The third-order valence-corrected chi connectivity index (χ3v) is 2.99. The van der Waals surface area contributed by atoms with E-state index in [0.29, 0.717) is 0 Å². The summed E-state index contributed by atoms with van der Waals surface area (Å²) in [6, 6.07) is 0. The second kappa shape index (κ2) is 5.80. The second-order valence-corrected chi connectivity index (χ2v) is 4.75. The normalized spacial score (nSPS) is 13.6. The standard InChI is InChI=1S/C12H17NO2S/c1-5-12(15-10(4)14)8(2)6-11-7-16-9(3)13-11/h6-7,12H,5H2,1-4H3/b8-6+/t12-/m0/s1. The Balaban J connectivity index is 2.77. The van der Waals surface area contributed by atoms with Crippen LogP contribution in [0.15, 0.2) is 11.0 Å². The third-order valence-electron chi connectivity index (χ3n) is 2.20. The van der Waals surface area contributed by atoms with Crippen LogP contribution < -0.4 is 0 Å². The number of ether oxygens (including phenoxy) is 1. The molecule has 0 aliphatic heterocycles. The van der Waals surface area contributed by atoms with Gasteiger partial charge in [-0.1, -0.05) is 6.92 Å². The summed E-state index contributed by atoms with van der Waals surface area (Å²) < 4.78 is 5.21. The molecule has 1 rings (SSSR count). The van der Waals surface area contributed by atoms with Gasteiger partial charge in [-0.25, -0.2) is 4.98 Å². The molecule has 0 bridgehead atoms. The van der Waals surface area contributed by atoms with Crippen LogP contribution in [0.5, 0.6) is 0 Å². The quantitative estimate of drug-likeness (QED) is 0.757. The molecule has 0 aliphatic rings. The Hall–Kier alpha value is -1.16. The summed E-state index contributed by atoms with van der Waals surface area (Å²) in [5, 5.41) is 3.04. The number of aryl methyl sites for hydroxylation is 1. The van der Waals surface area contributed by atoms with Gasteiger partial charge in [0, 0.05) is 12.3 Å². The van der Waals surface area contributed by atoms with Gasteiger partial charge in [0.05, 0.1) is 10.7 Å². The van der Waals surface area contributed by atoms with E-state index in [9.17, 15) is 4.79 Å². The lowest BCUT2D eigenvalue weighted by molar-refractivity contribution is -0.144. The average molecular weight is 239 g/mol. The van der Waals surface area contributed by atoms with Crippen LogP contribution in [0.3, 0.4) is 0 Å². The zero-order valence-corrected chi connectivity index (χ0v) is 10.9. The first-order valence-corrected chi connectivity index (χ1v) is 6.18. The van der Waals surface area contributed by atoms with Crippen molar-refractivity contribution < 1.29 is 9.53 Å². The number of esters is 1. The highest BCUT2D eigenvalue weighted by Gasteiger charge is 2.11. The predicted octanol–water partition coefficient (Wildman–Crippen LogP) is 3.20. The van der Waals surface area contributed by atoms with E-state index in [4.69, 9.17) is 4.74 Å². The van der Waals surface area contributed by atoms with Crippen LogP contribution >= 0.6 is 11.3 Å². The fraction of sp³-hybridized carbons (Fsp3) is 0.500. The van der Waals surface area contributed by atoms with E-state index in [1.54, 1.807) is 11.3 Å². The first-order chi connectivity index (χ1) is 7.52. The van der Waals surface area contributed by atoms with E-state index in [1.165, 1.54) is 6.92 Å². The van der Waals surface area contributed by atoms with E-state index in [1.807, 2.05) is 32.2 Å². The summed E-state index contributed by atoms with van der Waals surface area (Å²) in [7, 11) is 0. The minimum Gasteiger partial charge on any atom is -0.458 e. The summed E-state index contributed by atoms with van der Waals surface area (Å²) in [4.78, 5) is 15.3. The van der Waals surface area contributed by atoms with Crippen molar-refractivity contribution >= 4 is 23.4 Å². The van der Waals surface area contributed by atoms with Crippen molar-refractivity contribution in [3.8, 4) is 0 Å². The third kappa shape index (κ3) is 3.77. The summed E-state index contributed by atoms with van der Waals surface area (Å²) in [6.07, 6.45) is 2.62. The lowest BCUT2D eigenvalue weighted by Gasteiger charge is -2.15. The Bertz CT molecular complexity index is 395. The molecule has 0 fully saturated rings. The van der Waals surface area contributed by atoms with Crippen molar-refractivity contribution in [3.63, 3.8) is 0 Å². The SMILES string of the molecule is CC[C@H](OC(C)=O)/C(C)=C/c1csc(C)n1.